The van der Waals surface area contributed by atoms with Gasteiger partial charge in [0.15, 0.2) is 6.29 Å². The first-order valence-electron chi connectivity index (χ1n) is 7.99. The zero-order chi connectivity index (χ0) is 17.8. The minimum atomic E-state index is 0.0462. The molecule has 6 heteroatoms. The fraction of sp³-hybridized carbons (Fsp3) is 0.211. The molecule has 2 heterocycles. The SMILES string of the molecule is CC(C)n1nccc1-c1ncccc1COc1cc(O)ccc1C=O. The predicted molar refractivity (Wildman–Crippen MR) is 93.7 cm³/mol. The zero-order valence-electron chi connectivity index (χ0n) is 14.1. The Bertz CT molecular complexity index is 887. The molecule has 0 saturated carbocycles. The number of benzene rings is 1. The van der Waals surface area contributed by atoms with Gasteiger partial charge in [-0.25, -0.2) is 0 Å². The van der Waals surface area contributed by atoms with Crippen LogP contribution in [0.15, 0.2) is 48.8 Å². The maximum Gasteiger partial charge on any atom is 0.153 e. The van der Waals surface area contributed by atoms with Crippen molar-refractivity contribution in [3.63, 3.8) is 0 Å². The quantitative estimate of drug-likeness (QED) is 0.695. The van der Waals surface area contributed by atoms with Crippen LogP contribution in [0.3, 0.4) is 0 Å². The zero-order valence-corrected chi connectivity index (χ0v) is 14.1. The van der Waals surface area contributed by atoms with Gasteiger partial charge in [-0.2, -0.15) is 5.10 Å². The summed E-state index contributed by atoms with van der Waals surface area (Å²) >= 11 is 0. The van der Waals surface area contributed by atoms with Crippen molar-refractivity contribution in [1.82, 2.24) is 14.8 Å². The van der Waals surface area contributed by atoms with E-state index in [9.17, 15) is 9.90 Å². The number of hydrogen-bond donors (Lipinski definition) is 1. The Morgan fingerprint density at radius 3 is 2.84 bits per heavy atom. The molecule has 3 aromatic rings. The fourth-order valence-electron chi connectivity index (χ4n) is 2.60. The number of carbonyl (C=O) groups excluding carboxylic acids is 1. The van der Waals surface area contributed by atoms with Crippen LogP contribution in [-0.4, -0.2) is 26.2 Å². The van der Waals surface area contributed by atoms with Gasteiger partial charge in [0, 0.05) is 30.1 Å². The van der Waals surface area contributed by atoms with Crippen molar-refractivity contribution < 1.29 is 14.6 Å². The van der Waals surface area contributed by atoms with E-state index in [1.54, 1.807) is 12.4 Å². The van der Waals surface area contributed by atoms with Crippen LogP contribution in [0.5, 0.6) is 11.5 Å². The molecule has 0 aliphatic rings. The third-order valence-corrected chi connectivity index (χ3v) is 3.80. The van der Waals surface area contributed by atoms with E-state index in [4.69, 9.17) is 4.74 Å². The van der Waals surface area contributed by atoms with E-state index in [1.807, 2.05) is 22.9 Å². The summed E-state index contributed by atoms with van der Waals surface area (Å²) in [7, 11) is 0. The molecule has 0 fully saturated rings. The lowest BCUT2D eigenvalue weighted by Gasteiger charge is -2.14. The smallest absolute Gasteiger partial charge is 0.153 e. The molecule has 1 N–H and O–H groups in total. The highest BCUT2D eigenvalue weighted by atomic mass is 16.5. The lowest BCUT2D eigenvalue weighted by molar-refractivity contribution is 0.111. The average molecular weight is 337 g/mol. The summed E-state index contributed by atoms with van der Waals surface area (Å²) in [6.07, 6.45) is 4.17. The Morgan fingerprint density at radius 1 is 1.24 bits per heavy atom. The highest BCUT2D eigenvalue weighted by molar-refractivity contribution is 5.79. The van der Waals surface area contributed by atoms with Gasteiger partial charge in [0.25, 0.3) is 0 Å². The van der Waals surface area contributed by atoms with Gasteiger partial charge in [-0.3, -0.25) is 14.5 Å². The van der Waals surface area contributed by atoms with E-state index in [1.165, 1.54) is 18.2 Å². The van der Waals surface area contributed by atoms with E-state index in [0.717, 1.165) is 17.0 Å². The number of aldehydes is 1. The number of nitrogens with zero attached hydrogens (tertiary/aromatic N) is 3. The Balaban J connectivity index is 1.91. The lowest BCUT2D eigenvalue weighted by atomic mass is 10.1. The molecule has 25 heavy (non-hydrogen) atoms. The van der Waals surface area contributed by atoms with Crippen molar-refractivity contribution in [2.75, 3.05) is 0 Å². The molecule has 128 valence electrons. The van der Waals surface area contributed by atoms with Crippen molar-refractivity contribution in [3.05, 3.63) is 59.9 Å². The van der Waals surface area contributed by atoms with Gasteiger partial charge in [0.2, 0.25) is 0 Å². The minimum absolute atomic E-state index is 0.0462. The van der Waals surface area contributed by atoms with Crippen LogP contribution in [0.25, 0.3) is 11.4 Å². The summed E-state index contributed by atoms with van der Waals surface area (Å²) in [5.41, 5.74) is 2.93. The number of rotatable bonds is 6. The van der Waals surface area contributed by atoms with Crippen LogP contribution in [0.2, 0.25) is 0 Å². The summed E-state index contributed by atoms with van der Waals surface area (Å²) in [5, 5.41) is 14.0. The van der Waals surface area contributed by atoms with Crippen molar-refractivity contribution in [2.45, 2.75) is 26.5 Å². The summed E-state index contributed by atoms with van der Waals surface area (Å²) in [5.74, 6) is 0.382. The molecule has 2 aromatic heterocycles. The van der Waals surface area contributed by atoms with E-state index in [0.29, 0.717) is 17.6 Å². The number of aromatic nitrogens is 3. The van der Waals surface area contributed by atoms with E-state index >= 15 is 0 Å². The summed E-state index contributed by atoms with van der Waals surface area (Å²) < 4.78 is 7.67. The van der Waals surface area contributed by atoms with Gasteiger partial charge in [0.05, 0.1) is 17.0 Å². The maximum absolute atomic E-state index is 11.1. The molecule has 0 saturated heterocycles. The van der Waals surface area contributed by atoms with Gasteiger partial charge in [0.1, 0.15) is 18.1 Å². The molecule has 0 amide bonds. The van der Waals surface area contributed by atoms with Gasteiger partial charge in [-0.15, -0.1) is 0 Å². The number of phenols is 1. The van der Waals surface area contributed by atoms with Crippen LogP contribution < -0.4 is 4.74 Å². The van der Waals surface area contributed by atoms with Crippen molar-refractivity contribution >= 4 is 6.29 Å². The monoisotopic (exact) mass is 337 g/mol. The topological polar surface area (TPSA) is 77.2 Å². The number of pyridine rings is 1. The van der Waals surface area contributed by atoms with Crippen LogP contribution in [0, 0.1) is 0 Å². The molecule has 1 aromatic carbocycles. The molecule has 0 radical (unpaired) electrons. The van der Waals surface area contributed by atoms with Gasteiger partial charge >= 0.3 is 0 Å². The first-order chi connectivity index (χ1) is 12.1. The highest BCUT2D eigenvalue weighted by Crippen LogP contribution is 2.27. The van der Waals surface area contributed by atoms with E-state index in [-0.39, 0.29) is 18.4 Å². The second kappa shape index (κ2) is 7.17. The molecule has 0 spiro atoms. The maximum atomic E-state index is 11.1. The molecule has 6 nitrogen and oxygen atoms in total. The highest BCUT2D eigenvalue weighted by Gasteiger charge is 2.14. The molecule has 0 atom stereocenters. The largest absolute Gasteiger partial charge is 0.508 e. The summed E-state index contributed by atoms with van der Waals surface area (Å²) in [4.78, 5) is 15.6. The van der Waals surface area contributed by atoms with Gasteiger partial charge < -0.3 is 9.84 Å². The first kappa shape index (κ1) is 16.7. The number of phenolic OH excluding ortho intramolecular Hbond substituents is 1. The predicted octanol–water partition coefficient (Wildman–Crippen LogP) is 3.62. The second-order valence-corrected chi connectivity index (χ2v) is 5.89. The first-order valence-corrected chi connectivity index (χ1v) is 7.99. The van der Waals surface area contributed by atoms with Crippen LogP contribution >= 0.6 is 0 Å². The van der Waals surface area contributed by atoms with Crippen molar-refractivity contribution in [1.29, 1.82) is 0 Å². The molecule has 0 aliphatic carbocycles. The number of ether oxygens (including phenoxy) is 1. The Hall–Kier alpha value is -3.15. The fourth-order valence-corrected chi connectivity index (χ4v) is 2.60. The van der Waals surface area contributed by atoms with Crippen LogP contribution in [-0.2, 0) is 6.61 Å². The van der Waals surface area contributed by atoms with Crippen LogP contribution in [0.4, 0.5) is 0 Å². The van der Waals surface area contributed by atoms with Crippen molar-refractivity contribution in [3.8, 4) is 22.9 Å². The number of hydrogen-bond acceptors (Lipinski definition) is 5. The Morgan fingerprint density at radius 2 is 2.08 bits per heavy atom. The van der Waals surface area contributed by atoms with E-state index in [2.05, 4.69) is 23.9 Å². The van der Waals surface area contributed by atoms with Gasteiger partial charge in [-0.1, -0.05) is 6.07 Å². The Labute approximate surface area is 145 Å². The number of carbonyl (C=O) groups is 1. The minimum Gasteiger partial charge on any atom is -0.508 e. The second-order valence-electron chi connectivity index (χ2n) is 5.89. The molecule has 0 bridgehead atoms. The summed E-state index contributed by atoms with van der Waals surface area (Å²) in [6, 6.07) is 10.3. The Kier molecular flexibility index (Phi) is 4.79. The third-order valence-electron chi connectivity index (χ3n) is 3.80. The van der Waals surface area contributed by atoms with Crippen LogP contribution in [0.1, 0.15) is 35.8 Å². The molecular formula is C19H19N3O3. The van der Waals surface area contributed by atoms with Gasteiger partial charge in [-0.05, 0) is 38.1 Å². The molecule has 0 unspecified atom stereocenters. The molecule has 3 rings (SSSR count). The summed E-state index contributed by atoms with van der Waals surface area (Å²) in [6.45, 7) is 4.33. The number of aromatic hydroxyl groups is 1. The lowest BCUT2D eigenvalue weighted by Crippen LogP contribution is -2.08. The normalized spacial score (nSPS) is 10.8. The third kappa shape index (κ3) is 3.52. The van der Waals surface area contributed by atoms with E-state index < -0.39 is 0 Å². The standard InChI is InChI=1S/C19H19N3O3/c1-13(2)22-17(7-9-21-22)19-15(4-3-8-20-19)12-25-18-10-16(24)6-5-14(18)11-23/h3-11,13,24H,12H2,1-2H3. The molecular weight excluding hydrogens is 318 g/mol. The average Bonchev–Trinajstić information content (AvgIpc) is 3.10. The molecule has 0 aliphatic heterocycles. The van der Waals surface area contributed by atoms with Crippen molar-refractivity contribution in [2.24, 2.45) is 0 Å².